The van der Waals surface area contributed by atoms with E-state index in [-0.39, 0.29) is 22.3 Å². The largest absolute Gasteiger partial charge is 0.504 e. The van der Waals surface area contributed by atoms with Crippen molar-refractivity contribution in [3.05, 3.63) is 34.4 Å². The minimum absolute atomic E-state index is 0.0111. The molecule has 34 heavy (non-hydrogen) atoms. The summed E-state index contributed by atoms with van der Waals surface area (Å²) >= 11 is 0. The van der Waals surface area contributed by atoms with Gasteiger partial charge in [0.05, 0.1) is 6.61 Å². The molecule has 0 bridgehead atoms. The maximum Gasteiger partial charge on any atom is 0.293 e. The summed E-state index contributed by atoms with van der Waals surface area (Å²) < 4.78 is 4.15. The molecule has 188 valence electrons. The lowest BCUT2D eigenvalue weighted by Gasteiger charge is -2.64. The van der Waals surface area contributed by atoms with Gasteiger partial charge in [0.25, 0.3) is 6.47 Å². The van der Waals surface area contributed by atoms with Crippen molar-refractivity contribution in [1.29, 1.82) is 0 Å². The van der Waals surface area contributed by atoms with E-state index in [1.807, 2.05) is 13.0 Å². The van der Waals surface area contributed by atoms with Gasteiger partial charge in [0.1, 0.15) is 0 Å². The van der Waals surface area contributed by atoms with Gasteiger partial charge >= 0.3 is 0 Å². The lowest BCUT2D eigenvalue weighted by Crippen LogP contribution is -2.55. The van der Waals surface area contributed by atoms with Crippen LogP contribution in [0.15, 0.2) is 17.7 Å². The fourth-order valence-electron chi connectivity index (χ4n) is 8.39. The molecule has 0 aliphatic heterocycles. The summed E-state index contributed by atoms with van der Waals surface area (Å²) in [5.74, 6) is 2.62. The molecule has 6 unspecified atom stereocenters. The highest BCUT2D eigenvalue weighted by molar-refractivity contribution is 5.60. The average molecular weight is 469 g/mol. The van der Waals surface area contributed by atoms with Crippen molar-refractivity contribution in [2.75, 3.05) is 6.61 Å². The highest BCUT2D eigenvalue weighted by Crippen LogP contribution is 2.68. The van der Waals surface area contributed by atoms with E-state index >= 15 is 0 Å². The monoisotopic (exact) mass is 468 g/mol. The van der Waals surface area contributed by atoms with E-state index < -0.39 is 0 Å². The molecule has 0 amide bonds. The molecule has 3 saturated carbocycles. The third-order valence-corrected chi connectivity index (χ3v) is 10.4. The summed E-state index contributed by atoms with van der Waals surface area (Å²) in [5, 5.41) is 20.7. The second kappa shape index (κ2) is 8.91. The Balaban J connectivity index is 0.000000499. The van der Waals surface area contributed by atoms with Gasteiger partial charge in [0.2, 0.25) is 0 Å². The lowest BCUT2D eigenvalue weighted by molar-refractivity contribution is -0.128. The Morgan fingerprint density at radius 2 is 1.82 bits per heavy atom. The number of carbonyl (C=O) groups is 1. The van der Waals surface area contributed by atoms with Gasteiger partial charge in [0.15, 0.2) is 11.5 Å². The van der Waals surface area contributed by atoms with Crippen LogP contribution in [-0.2, 0) is 21.4 Å². The zero-order valence-corrected chi connectivity index (χ0v) is 22.0. The molecule has 6 atom stereocenters. The SMILES string of the molecule is CCOC=O.Cc1c(O)c(O)cc2c1CC=C1C2(C)CCC2C3CC(C)CCC3(C)CCC12C. The predicted octanol–water partition coefficient (Wildman–Crippen LogP) is 6.98. The number of allylic oxidation sites excluding steroid dienone is 2. The van der Waals surface area contributed by atoms with Gasteiger partial charge in [-0.05, 0) is 110 Å². The Kier molecular flexibility index (Phi) is 6.59. The van der Waals surface area contributed by atoms with Crippen LogP contribution in [0.3, 0.4) is 0 Å². The smallest absolute Gasteiger partial charge is 0.293 e. The third-order valence-electron chi connectivity index (χ3n) is 10.4. The number of carbonyl (C=O) groups excluding carboxylic acids is 1. The molecule has 1 aromatic carbocycles. The first-order chi connectivity index (χ1) is 16.0. The number of benzene rings is 1. The van der Waals surface area contributed by atoms with Crippen molar-refractivity contribution in [3.63, 3.8) is 0 Å². The summed E-state index contributed by atoms with van der Waals surface area (Å²) in [4.78, 5) is 9.18. The Morgan fingerprint density at radius 1 is 1.09 bits per heavy atom. The molecule has 4 heteroatoms. The van der Waals surface area contributed by atoms with Crippen molar-refractivity contribution in [3.8, 4) is 11.5 Å². The average Bonchev–Trinajstić information content (AvgIpc) is 2.80. The van der Waals surface area contributed by atoms with Crippen LogP contribution in [-0.4, -0.2) is 23.3 Å². The highest BCUT2D eigenvalue weighted by atomic mass is 16.5. The molecular weight excluding hydrogens is 424 g/mol. The van der Waals surface area contributed by atoms with E-state index in [1.165, 1.54) is 49.7 Å². The lowest BCUT2D eigenvalue weighted by atomic mass is 9.41. The Morgan fingerprint density at radius 3 is 2.47 bits per heavy atom. The zero-order chi connectivity index (χ0) is 24.9. The number of rotatable bonds is 2. The third kappa shape index (κ3) is 3.76. The summed E-state index contributed by atoms with van der Waals surface area (Å²) in [6, 6.07) is 1.88. The van der Waals surface area contributed by atoms with Crippen LogP contribution in [0.25, 0.3) is 0 Å². The first-order valence-corrected chi connectivity index (χ1v) is 13.3. The summed E-state index contributed by atoms with van der Waals surface area (Å²) in [7, 11) is 0. The molecule has 3 fully saturated rings. The summed E-state index contributed by atoms with van der Waals surface area (Å²) in [6.45, 7) is 14.7. The Bertz CT molecular complexity index is 981. The van der Waals surface area contributed by atoms with Gasteiger partial charge in [-0.25, -0.2) is 0 Å². The maximum absolute atomic E-state index is 10.4. The van der Waals surface area contributed by atoms with Crippen LogP contribution in [0.4, 0.5) is 0 Å². The van der Waals surface area contributed by atoms with Gasteiger partial charge in [0, 0.05) is 5.41 Å². The number of ether oxygens (including phenoxy) is 1. The van der Waals surface area contributed by atoms with Crippen molar-refractivity contribution in [1.82, 2.24) is 0 Å². The molecule has 1 aromatic rings. The number of phenolic OH excluding ortho intramolecular Hbond substituents is 2. The first-order valence-electron chi connectivity index (χ1n) is 13.3. The molecule has 5 rings (SSSR count). The minimum atomic E-state index is -0.0111. The van der Waals surface area contributed by atoms with E-state index in [0.717, 1.165) is 36.2 Å². The number of fused-ring (bicyclic) bond motifs is 7. The van der Waals surface area contributed by atoms with Crippen LogP contribution >= 0.6 is 0 Å². The first kappa shape index (κ1) is 25.1. The molecular formula is C30H44O4. The van der Waals surface area contributed by atoms with E-state index in [2.05, 4.69) is 38.5 Å². The normalized spacial score (nSPS) is 38.1. The molecule has 2 N–H and O–H groups in total. The zero-order valence-electron chi connectivity index (χ0n) is 22.0. The maximum atomic E-state index is 10.4. The van der Waals surface area contributed by atoms with Crippen LogP contribution in [0.2, 0.25) is 0 Å². The van der Waals surface area contributed by atoms with Gasteiger partial charge in [-0.15, -0.1) is 0 Å². The molecule has 0 spiro atoms. The minimum Gasteiger partial charge on any atom is -0.504 e. The second-order valence-electron chi connectivity index (χ2n) is 12.3. The number of phenols is 2. The van der Waals surface area contributed by atoms with Gasteiger partial charge in [-0.1, -0.05) is 45.8 Å². The second-order valence-corrected chi connectivity index (χ2v) is 12.3. The van der Waals surface area contributed by atoms with E-state index in [1.54, 1.807) is 12.5 Å². The quantitative estimate of drug-likeness (QED) is 0.279. The Labute approximate surface area is 205 Å². The molecule has 4 nitrogen and oxygen atoms in total. The molecule has 0 heterocycles. The molecule has 4 aliphatic carbocycles. The van der Waals surface area contributed by atoms with Crippen LogP contribution < -0.4 is 0 Å². The van der Waals surface area contributed by atoms with E-state index in [9.17, 15) is 15.0 Å². The molecule has 0 saturated heterocycles. The summed E-state index contributed by atoms with van der Waals surface area (Å²) in [5.41, 5.74) is 5.81. The number of hydrogen-bond acceptors (Lipinski definition) is 4. The van der Waals surface area contributed by atoms with E-state index in [0.29, 0.717) is 18.5 Å². The fraction of sp³-hybridized carbons (Fsp3) is 0.700. The highest BCUT2D eigenvalue weighted by Gasteiger charge is 2.59. The fourth-order valence-corrected chi connectivity index (χ4v) is 8.39. The van der Waals surface area contributed by atoms with Crippen LogP contribution in [0, 0.1) is 35.5 Å². The standard InChI is InChI=1S/C27H38O2.C3H6O2/c1-16-8-10-25(3)12-13-27(5)19(21(25)14-16)9-11-26(4)20-15-22(28)24(29)17(2)18(20)6-7-23(26)27;1-2-5-3-4/h7,15-16,19,21,28-29H,6,8-14H2,1-5H3;3H,2H2,1H3. The predicted molar refractivity (Wildman–Crippen MR) is 136 cm³/mol. The van der Waals surface area contributed by atoms with E-state index in [4.69, 9.17) is 0 Å². The number of hydrogen-bond donors (Lipinski definition) is 2. The molecule has 0 aromatic heterocycles. The molecule has 0 radical (unpaired) electrons. The van der Waals surface area contributed by atoms with Crippen molar-refractivity contribution in [2.24, 2.45) is 28.6 Å². The van der Waals surface area contributed by atoms with Crippen molar-refractivity contribution < 1.29 is 19.7 Å². The number of aromatic hydroxyl groups is 2. The molecule has 4 aliphatic rings. The topological polar surface area (TPSA) is 66.8 Å². The van der Waals surface area contributed by atoms with Gasteiger partial charge in [-0.2, -0.15) is 0 Å². The van der Waals surface area contributed by atoms with Crippen molar-refractivity contribution in [2.45, 2.75) is 98.3 Å². The van der Waals surface area contributed by atoms with Crippen LogP contribution in [0.1, 0.15) is 96.3 Å². The van der Waals surface area contributed by atoms with Crippen molar-refractivity contribution >= 4 is 6.47 Å². The van der Waals surface area contributed by atoms with Crippen LogP contribution in [0.5, 0.6) is 11.5 Å². The Hall–Kier alpha value is -1.97. The summed E-state index contributed by atoms with van der Waals surface area (Å²) in [6.07, 6.45) is 12.8. The van der Waals surface area contributed by atoms with Gasteiger partial charge < -0.3 is 14.9 Å². The van der Waals surface area contributed by atoms with Gasteiger partial charge in [-0.3, -0.25) is 4.79 Å².